The van der Waals surface area contributed by atoms with E-state index in [1.54, 1.807) is 0 Å². The Labute approximate surface area is 81.7 Å². The fourth-order valence-corrected chi connectivity index (χ4v) is 0.534. The van der Waals surface area contributed by atoms with E-state index in [-0.39, 0.29) is 0 Å². The molecule has 0 aliphatic rings. The normalized spacial score (nSPS) is 7.18. The van der Waals surface area contributed by atoms with Gasteiger partial charge in [-0.3, -0.25) is 5.84 Å². The predicted octanol–water partition coefficient (Wildman–Crippen LogP) is 2.35. The van der Waals surface area contributed by atoms with E-state index < -0.39 is 15.1 Å². The molecule has 0 aliphatic carbocycles. The van der Waals surface area contributed by atoms with Gasteiger partial charge in [0, 0.05) is 5.69 Å². The van der Waals surface area contributed by atoms with Gasteiger partial charge < -0.3 is 5.43 Å². The predicted molar refractivity (Wildman–Crippen MR) is 46.0 cm³/mol. The van der Waals surface area contributed by atoms with Gasteiger partial charge in [0.1, 0.15) is 0 Å². The summed E-state index contributed by atoms with van der Waals surface area (Å²) in [4.78, 5) is 0. The summed E-state index contributed by atoms with van der Waals surface area (Å²) in [6, 6.07) is 9.60. The fraction of sp³-hybridized carbons (Fsp3) is 0. The minimum absolute atomic E-state index is 0.931. The van der Waals surface area contributed by atoms with E-state index in [2.05, 4.69) is 5.43 Å². The summed E-state index contributed by atoms with van der Waals surface area (Å²) in [5, 5.41) is 0. The van der Waals surface area contributed by atoms with Gasteiger partial charge in [0.25, 0.3) is 0 Å². The van der Waals surface area contributed by atoms with Crippen molar-refractivity contribution in [3.63, 3.8) is 0 Å². The van der Waals surface area contributed by atoms with Gasteiger partial charge in [0.05, 0.1) is 0 Å². The summed E-state index contributed by atoms with van der Waals surface area (Å²) in [6.45, 7) is 0. The van der Waals surface area contributed by atoms with Crippen molar-refractivity contribution in [2.45, 2.75) is 0 Å². The Hall–Kier alpha value is 0.183. The van der Waals surface area contributed by atoms with Crippen LogP contribution < -0.4 is 11.3 Å². The average molecular weight is 244 g/mol. The molecule has 0 spiro atoms. The fourth-order valence-electron chi connectivity index (χ4n) is 0.534. The first-order valence-electron chi connectivity index (χ1n) is 2.98. The number of hydrogen-bond donors (Lipinski definition) is 2. The first kappa shape index (κ1) is 11.2. The van der Waals surface area contributed by atoms with Gasteiger partial charge in [-0.2, -0.15) is 0 Å². The van der Waals surface area contributed by atoms with Crippen molar-refractivity contribution in [2.75, 3.05) is 5.43 Å². The zero-order valence-electron chi connectivity index (χ0n) is 5.93. The third kappa shape index (κ3) is 6.58. The van der Waals surface area contributed by atoms with Crippen LogP contribution in [0, 0.1) is 0 Å². The standard InChI is InChI=1S/C6H8N2.2ClH.Zn/c7-8-6-4-2-1-3-5-6;;;/h1-5,8H,7H2;2*1H;/q;;;+2/p-2. The minimum atomic E-state index is -0.931. The second-order valence-electron chi connectivity index (χ2n) is 1.61. The molecule has 0 saturated heterocycles. The van der Waals surface area contributed by atoms with Crippen molar-refractivity contribution in [3.05, 3.63) is 30.3 Å². The Bertz CT molecular complexity index is 171. The van der Waals surface area contributed by atoms with Crippen LogP contribution in [0.1, 0.15) is 0 Å². The number of hydrazine groups is 1. The molecule has 0 bridgehead atoms. The topological polar surface area (TPSA) is 38.0 Å². The first-order chi connectivity index (χ1) is 5.35. The van der Waals surface area contributed by atoms with E-state index in [1.165, 1.54) is 0 Å². The summed E-state index contributed by atoms with van der Waals surface area (Å²) in [5.41, 5.74) is 3.46. The van der Waals surface area contributed by atoms with Gasteiger partial charge in [0.2, 0.25) is 0 Å². The van der Waals surface area contributed by atoms with Crippen LogP contribution in [-0.2, 0) is 15.1 Å². The van der Waals surface area contributed by atoms with Crippen LogP contribution in [0.25, 0.3) is 0 Å². The van der Waals surface area contributed by atoms with Gasteiger partial charge in [-0.1, -0.05) is 18.2 Å². The van der Waals surface area contributed by atoms with Crippen LogP contribution in [0.4, 0.5) is 5.69 Å². The second-order valence-corrected chi connectivity index (χ2v) is 6.23. The van der Waals surface area contributed by atoms with Crippen LogP contribution >= 0.6 is 19.4 Å². The monoisotopic (exact) mass is 242 g/mol. The SMILES string of the molecule is NNc1ccccc1.[Cl][Zn][Cl]. The van der Waals surface area contributed by atoms with E-state index >= 15 is 0 Å². The molecule has 0 fully saturated rings. The molecule has 0 saturated carbocycles. The number of halogens is 2. The zero-order chi connectivity index (χ0) is 8.53. The number of nitrogen functional groups attached to an aromatic ring is 1. The number of hydrogen-bond acceptors (Lipinski definition) is 2. The molecule has 0 radical (unpaired) electrons. The number of anilines is 1. The van der Waals surface area contributed by atoms with Gasteiger partial charge in [0.15, 0.2) is 0 Å². The molecule has 58 valence electrons. The van der Waals surface area contributed by atoms with Gasteiger partial charge in [-0.15, -0.1) is 0 Å². The summed E-state index contributed by atoms with van der Waals surface area (Å²) in [6.07, 6.45) is 0. The number of para-hydroxylation sites is 1. The number of rotatable bonds is 1. The maximum absolute atomic E-state index is 5.10. The molecule has 0 amide bonds. The van der Waals surface area contributed by atoms with Crippen LogP contribution in [0.5, 0.6) is 0 Å². The summed E-state index contributed by atoms with van der Waals surface area (Å²) < 4.78 is 0. The van der Waals surface area contributed by atoms with E-state index in [4.69, 9.17) is 25.2 Å². The molecule has 2 nitrogen and oxygen atoms in total. The van der Waals surface area contributed by atoms with Crippen LogP contribution in [0.3, 0.4) is 0 Å². The first-order valence-corrected chi connectivity index (χ1v) is 10.8. The molecule has 0 aromatic heterocycles. The Balaban J connectivity index is 0.000000292. The molecule has 0 heterocycles. The second kappa shape index (κ2) is 8.28. The molecule has 0 aliphatic heterocycles. The molecule has 5 heteroatoms. The van der Waals surface area contributed by atoms with Crippen molar-refractivity contribution in [1.82, 2.24) is 0 Å². The van der Waals surface area contributed by atoms with Gasteiger partial charge in [-0.25, -0.2) is 0 Å². The Kier molecular flexibility index (Phi) is 8.42. The van der Waals surface area contributed by atoms with E-state index in [1.807, 2.05) is 30.3 Å². The van der Waals surface area contributed by atoms with E-state index in [0.29, 0.717) is 0 Å². The molecule has 1 aromatic rings. The van der Waals surface area contributed by atoms with Crippen LogP contribution in [-0.4, -0.2) is 0 Å². The molecular formula is C6H8Cl2N2Zn. The number of nitrogens with one attached hydrogen (secondary N) is 1. The molecule has 1 aromatic carbocycles. The summed E-state index contributed by atoms with van der Waals surface area (Å²) in [7, 11) is 9.90. The van der Waals surface area contributed by atoms with Crippen LogP contribution in [0.2, 0.25) is 0 Å². The summed E-state index contributed by atoms with van der Waals surface area (Å²) >= 11 is -0.931. The van der Waals surface area contributed by atoms with Crippen molar-refractivity contribution < 1.29 is 15.1 Å². The molecular weight excluding hydrogens is 236 g/mol. The van der Waals surface area contributed by atoms with Gasteiger partial charge in [-0.05, 0) is 12.1 Å². The quantitative estimate of drug-likeness (QED) is 0.452. The van der Waals surface area contributed by atoms with Crippen molar-refractivity contribution in [2.24, 2.45) is 5.84 Å². The molecule has 11 heavy (non-hydrogen) atoms. The van der Waals surface area contributed by atoms with Crippen molar-refractivity contribution >= 4 is 25.1 Å². The Morgan fingerprint density at radius 1 is 1.18 bits per heavy atom. The molecule has 0 unspecified atom stereocenters. The number of nitrogens with two attached hydrogens (primary N) is 1. The molecule has 0 atom stereocenters. The van der Waals surface area contributed by atoms with E-state index in [0.717, 1.165) is 5.69 Å². The Morgan fingerprint density at radius 3 is 1.91 bits per heavy atom. The third-order valence-electron chi connectivity index (χ3n) is 0.940. The molecule has 1 rings (SSSR count). The Morgan fingerprint density at radius 2 is 1.64 bits per heavy atom. The van der Waals surface area contributed by atoms with Gasteiger partial charge >= 0.3 is 34.5 Å². The van der Waals surface area contributed by atoms with Crippen molar-refractivity contribution in [1.29, 1.82) is 0 Å². The van der Waals surface area contributed by atoms with Crippen LogP contribution in [0.15, 0.2) is 30.3 Å². The number of benzene rings is 1. The average Bonchev–Trinajstić information content (AvgIpc) is 2.08. The zero-order valence-corrected chi connectivity index (χ0v) is 10.4. The summed E-state index contributed by atoms with van der Waals surface area (Å²) in [5.74, 6) is 5.10. The maximum atomic E-state index is 5.10. The molecule has 3 N–H and O–H groups in total. The van der Waals surface area contributed by atoms with Crippen molar-refractivity contribution in [3.8, 4) is 0 Å². The van der Waals surface area contributed by atoms with E-state index in [9.17, 15) is 0 Å². The third-order valence-corrected chi connectivity index (χ3v) is 0.940.